The van der Waals surface area contributed by atoms with Crippen LogP contribution >= 0.6 is 33.9 Å². The third-order valence-corrected chi connectivity index (χ3v) is 3.64. The lowest BCUT2D eigenvalue weighted by atomic mass is 10.2. The molecule has 0 amide bonds. The van der Waals surface area contributed by atoms with E-state index in [0.717, 1.165) is 24.8 Å². The number of halogens is 1. The first kappa shape index (κ1) is 9.29. The van der Waals surface area contributed by atoms with E-state index < -0.39 is 0 Å². The lowest BCUT2D eigenvalue weighted by Crippen LogP contribution is -1.71. The summed E-state index contributed by atoms with van der Waals surface area (Å²) in [7, 11) is 0. The van der Waals surface area contributed by atoms with Gasteiger partial charge in [-0.2, -0.15) is 0 Å². The first-order valence-electron chi connectivity index (χ1n) is 4.31. The Morgan fingerprint density at radius 3 is 2.80 bits per heavy atom. The lowest BCUT2D eigenvalue weighted by Gasteiger charge is -1.84. The van der Waals surface area contributed by atoms with Crippen LogP contribution in [0.15, 0.2) is 34.7 Å². The Bertz CT molecular complexity index is 583. The second kappa shape index (κ2) is 3.57. The zero-order chi connectivity index (χ0) is 10.3. The van der Waals surface area contributed by atoms with E-state index in [2.05, 4.69) is 32.8 Å². The maximum absolute atomic E-state index is 5.67. The molecule has 3 rings (SSSR count). The van der Waals surface area contributed by atoms with E-state index in [1.54, 1.807) is 0 Å². The Morgan fingerprint density at radius 2 is 2.07 bits per heavy atom. The van der Waals surface area contributed by atoms with Crippen molar-refractivity contribution < 1.29 is 4.42 Å². The highest BCUT2D eigenvalue weighted by Crippen LogP contribution is 2.29. The summed E-state index contributed by atoms with van der Waals surface area (Å²) in [6, 6.07) is 9.91. The van der Waals surface area contributed by atoms with Gasteiger partial charge < -0.3 is 4.42 Å². The molecule has 0 aliphatic heterocycles. The molecule has 0 saturated heterocycles. The second-order valence-corrected chi connectivity index (χ2v) is 5.74. The van der Waals surface area contributed by atoms with Gasteiger partial charge in [-0.1, -0.05) is 29.5 Å². The minimum Gasteiger partial charge on any atom is -0.453 e. The number of benzene rings is 1. The van der Waals surface area contributed by atoms with Crippen molar-refractivity contribution in [2.24, 2.45) is 0 Å². The van der Waals surface area contributed by atoms with Crippen LogP contribution < -0.4 is 0 Å². The van der Waals surface area contributed by atoms with Crippen LogP contribution in [0.4, 0.5) is 0 Å². The van der Waals surface area contributed by atoms with Crippen LogP contribution in [-0.4, -0.2) is 10.2 Å². The van der Waals surface area contributed by atoms with E-state index in [0.29, 0.717) is 0 Å². The number of rotatable bonds is 1. The van der Waals surface area contributed by atoms with Gasteiger partial charge in [0.05, 0.1) is 0 Å². The third-order valence-electron chi connectivity index (χ3n) is 2.04. The quantitative estimate of drug-likeness (QED) is 0.641. The van der Waals surface area contributed by atoms with Crippen LogP contribution in [0.5, 0.6) is 0 Å². The summed E-state index contributed by atoms with van der Waals surface area (Å²) in [5.41, 5.74) is 0.887. The van der Waals surface area contributed by atoms with Crippen molar-refractivity contribution in [1.82, 2.24) is 10.2 Å². The molecule has 2 aromatic heterocycles. The van der Waals surface area contributed by atoms with Gasteiger partial charge in [0.25, 0.3) is 0 Å². The maximum atomic E-state index is 5.67. The molecule has 2 heterocycles. The molecule has 0 saturated carbocycles. The predicted molar refractivity (Wildman–Crippen MR) is 67.8 cm³/mol. The van der Waals surface area contributed by atoms with Crippen LogP contribution in [-0.2, 0) is 0 Å². The van der Waals surface area contributed by atoms with Gasteiger partial charge in [0.15, 0.2) is 13.8 Å². The van der Waals surface area contributed by atoms with Crippen molar-refractivity contribution in [3.05, 3.63) is 33.3 Å². The number of hydrogen-bond donors (Lipinski definition) is 0. The van der Waals surface area contributed by atoms with Gasteiger partial charge in [-0.3, -0.25) is 0 Å². The van der Waals surface area contributed by atoms with Crippen molar-refractivity contribution in [1.29, 1.82) is 0 Å². The number of furan rings is 1. The number of aromatic nitrogens is 2. The summed E-state index contributed by atoms with van der Waals surface area (Å²) < 4.78 is 6.59. The maximum Gasteiger partial charge on any atom is 0.184 e. The number of nitrogens with zero attached hydrogens (tertiary/aromatic N) is 2. The van der Waals surface area contributed by atoms with Crippen LogP contribution in [0.2, 0.25) is 0 Å². The van der Waals surface area contributed by atoms with E-state index in [1.807, 2.05) is 30.3 Å². The smallest absolute Gasteiger partial charge is 0.184 e. The summed E-state index contributed by atoms with van der Waals surface area (Å²) in [5, 5.41) is 9.93. The van der Waals surface area contributed by atoms with Gasteiger partial charge >= 0.3 is 0 Å². The highest BCUT2D eigenvalue weighted by atomic mass is 127. The molecule has 0 bridgehead atoms. The number of hydrogen-bond acceptors (Lipinski definition) is 4. The minimum atomic E-state index is 0.789. The monoisotopic (exact) mass is 328 g/mol. The highest BCUT2D eigenvalue weighted by molar-refractivity contribution is 14.1. The molecule has 0 aliphatic rings. The fourth-order valence-corrected chi connectivity index (χ4v) is 2.65. The van der Waals surface area contributed by atoms with Crippen molar-refractivity contribution in [2.45, 2.75) is 0 Å². The summed E-state index contributed by atoms with van der Waals surface area (Å²) in [6.07, 6.45) is 0. The molecule has 0 atom stereocenters. The molecule has 3 nitrogen and oxygen atoms in total. The van der Waals surface area contributed by atoms with Crippen molar-refractivity contribution >= 4 is 44.9 Å². The molecule has 0 fully saturated rings. The highest BCUT2D eigenvalue weighted by Gasteiger charge is 2.10. The first-order chi connectivity index (χ1) is 7.33. The summed E-state index contributed by atoms with van der Waals surface area (Å²) >= 11 is 3.68. The zero-order valence-corrected chi connectivity index (χ0v) is 10.4. The topological polar surface area (TPSA) is 38.9 Å². The first-order valence-corrected chi connectivity index (χ1v) is 6.20. The van der Waals surface area contributed by atoms with E-state index in [1.165, 1.54) is 11.3 Å². The minimum absolute atomic E-state index is 0.789. The van der Waals surface area contributed by atoms with Gasteiger partial charge in [-0.15, -0.1) is 10.2 Å². The average molecular weight is 328 g/mol. The average Bonchev–Trinajstić information content (AvgIpc) is 2.82. The zero-order valence-electron chi connectivity index (χ0n) is 7.48. The molecular formula is C10H5IN2OS. The Balaban J connectivity index is 2.19. The predicted octanol–water partition coefficient (Wildman–Crippen LogP) is 3.56. The van der Waals surface area contributed by atoms with E-state index in [4.69, 9.17) is 4.42 Å². The van der Waals surface area contributed by atoms with Crippen LogP contribution in [0.25, 0.3) is 21.7 Å². The lowest BCUT2D eigenvalue weighted by molar-refractivity contribution is 0.630. The van der Waals surface area contributed by atoms with Gasteiger partial charge in [0, 0.05) is 5.39 Å². The summed E-state index contributed by atoms with van der Waals surface area (Å²) in [4.78, 5) is 0. The van der Waals surface area contributed by atoms with Crippen LogP contribution in [0.1, 0.15) is 0 Å². The van der Waals surface area contributed by atoms with Crippen molar-refractivity contribution in [3.8, 4) is 10.8 Å². The molecule has 74 valence electrons. The number of para-hydroxylation sites is 1. The third kappa shape index (κ3) is 1.65. The van der Waals surface area contributed by atoms with E-state index in [-0.39, 0.29) is 0 Å². The Labute approximate surface area is 103 Å². The van der Waals surface area contributed by atoms with Gasteiger partial charge in [-0.05, 0) is 34.7 Å². The summed E-state index contributed by atoms with van der Waals surface area (Å²) in [6.45, 7) is 0. The second-order valence-electron chi connectivity index (χ2n) is 3.01. The standard InChI is InChI=1S/C10H5IN2OS/c11-10-13-12-9(15-10)8-5-6-3-1-2-4-7(6)14-8/h1-5H. The molecule has 1 aromatic carbocycles. The molecule has 5 heteroatoms. The Morgan fingerprint density at radius 1 is 1.20 bits per heavy atom. The van der Waals surface area contributed by atoms with Gasteiger partial charge in [0.2, 0.25) is 0 Å². The van der Waals surface area contributed by atoms with E-state index in [9.17, 15) is 0 Å². The molecule has 0 aliphatic carbocycles. The molecule has 3 aromatic rings. The van der Waals surface area contributed by atoms with Crippen molar-refractivity contribution in [2.75, 3.05) is 0 Å². The SMILES string of the molecule is Ic1nnc(-c2cc3ccccc3o2)s1. The van der Waals surface area contributed by atoms with Crippen molar-refractivity contribution in [3.63, 3.8) is 0 Å². The number of fused-ring (bicyclic) bond motifs is 1. The fraction of sp³-hybridized carbons (Fsp3) is 0. The summed E-state index contributed by atoms with van der Waals surface area (Å²) in [5.74, 6) is 0.789. The molecule has 0 N–H and O–H groups in total. The molecule has 0 radical (unpaired) electrons. The largest absolute Gasteiger partial charge is 0.453 e. The van der Waals surface area contributed by atoms with Crippen LogP contribution in [0.3, 0.4) is 0 Å². The Hall–Kier alpha value is -0.950. The fourth-order valence-electron chi connectivity index (χ4n) is 1.39. The van der Waals surface area contributed by atoms with E-state index >= 15 is 0 Å². The van der Waals surface area contributed by atoms with Gasteiger partial charge in [0.1, 0.15) is 5.58 Å². The normalized spacial score (nSPS) is 11.0. The molecular weight excluding hydrogens is 323 g/mol. The molecule has 15 heavy (non-hydrogen) atoms. The Kier molecular flexibility index (Phi) is 2.21. The van der Waals surface area contributed by atoms with Gasteiger partial charge in [-0.25, -0.2) is 0 Å². The molecule has 0 spiro atoms. The van der Waals surface area contributed by atoms with Crippen LogP contribution in [0, 0.1) is 3.01 Å². The molecule has 0 unspecified atom stereocenters.